The minimum atomic E-state index is -0.954. The summed E-state index contributed by atoms with van der Waals surface area (Å²) in [6.07, 6.45) is -0.114. The normalized spacial score (nSPS) is 11.7. The maximum absolute atomic E-state index is 11.7. The fourth-order valence-corrected chi connectivity index (χ4v) is 1.94. The van der Waals surface area contributed by atoms with Crippen LogP contribution < -0.4 is 20.1 Å². The standard InChI is InChI=1S/C17H26N2O5/c1-11(2)10-24-14-6-5-13(9-15(14)23-4)12(3)19-17(22)18-8-7-16(20)21/h5-6,9,11-12H,7-8,10H2,1-4H3,(H,20,21)(H2,18,19,22). The van der Waals surface area contributed by atoms with Crippen molar-refractivity contribution in [2.24, 2.45) is 5.92 Å². The van der Waals surface area contributed by atoms with Crippen LogP contribution >= 0.6 is 0 Å². The number of hydrogen-bond acceptors (Lipinski definition) is 4. The zero-order valence-corrected chi connectivity index (χ0v) is 14.6. The summed E-state index contributed by atoms with van der Waals surface area (Å²) in [5, 5.41) is 13.8. The smallest absolute Gasteiger partial charge is 0.315 e. The van der Waals surface area contributed by atoms with Crippen LogP contribution in [0.2, 0.25) is 0 Å². The van der Waals surface area contributed by atoms with Gasteiger partial charge in [0.15, 0.2) is 11.5 Å². The van der Waals surface area contributed by atoms with E-state index < -0.39 is 12.0 Å². The molecule has 1 aromatic carbocycles. The van der Waals surface area contributed by atoms with Gasteiger partial charge >= 0.3 is 12.0 Å². The molecular formula is C17H26N2O5. The molecule has 0 saturated heterocycles. The van der Waals surface area contributed by atoms with Gasteiger partial charge in [-0.15, -0.1) is 0 Å². The van der Waals surface area contributed by atoms with Gasteiger partial charge < -0.3 is 25.2 Å². The highest BCUT2D eigenvalue weighted by Gasteiger charge is 2.13. The number of carboxylic acid groups (broad SMARTS) is 1. The Hall–Kier alpha value is -2.44. The number of ether oxygens (including phenoxy) is 2. The average Bonchev–Trinajstić information content (AvgIpc) is 2.52. The lowest BCUT2D eigenvalue weighted by molar-refractivity contribution is -0.136. The third kappa shape index (κ3) is 6.76. The molecule has 1 rings (SSSR count). The molecule has 2 amide bonds. The zero-order valence-electron chi connectivity index (χ0n) is 14.6. The summed E-state index contributed by atoms with van der Waals surface area (Å²) >= 11 is 0. The Labute approximate surface area is 142 Å². The molecule has 1 atom stereocenters. The van der Waals surface area contributed by atoms with Crippen LogP contribution in [0.1, 0.15) is 38.8 Å². The van der Waals surface area contributed by atoms with Crippen molar-refractivity contribution in [3.63, 3.8) is 0 Å². The van der Waals surface area contributed by atoms with Crippen LogP contribution in [0.15, 0.2) is 18.2 Å². The van der Waals surface area contributed by atoms with Crippen LogP contribution in [0, 0.1) is 5.92 Å². The Bertz CT molecular complexity index is 560. The number of nitrogens with one attached hydrogen (secondary N) is 2. The van der Waals surface area contributed by atoms with Gasteiger partial charge in [-0.2, -0.15) is 0 Å². The maximum Gasteiger partial charge on any atom is 0.315 e. The second kappa shape index (κ2) is 9.64. The highest BCUT2D eigenvalue weighted by molar-refractivity contribution is 5.75. The van der Waals surface area contributed by atoms with E-state index in [1.165, 1.54) is 0 Å². The first kappa shape index (κ1) is 19.6. The van der Waals surface area contributed by atoms with Gasteiger partial charge in [-0.05, 0) is 30.5 Å². The summed E-state index contributed by atoms with van der Waals surface area (Å²) in [6, 6.07) is 4.82. The number of urea groups is 1. The molecule has 7 heteroatoms. The van der Waals surface area contributed by atoms with Gasteiger partial charge in [0.2, 0.25) is 0 Å². The van der Waals surface area contributed by atoms with Gasteiger partial charge in [-0.3, -0.25) is 4.79 Å². The van der Waals surface area contributed by atoms with Crippen LogP contribution in [-0.2, 0) is 4.79 Å². The Kier molecular flexibility index (Phi) is 7.88. The van der Waals surface area contributed by atoms with E-state index in [1.54, 1.807) is 7.11 Å². The Morgan fingerprint density at radius 2 is 1.92 bits per heavy atom. The van der Waals surface area contributed by atoms with Crippen molar-refractivity contribution in [1.82, 2.24) is 10.6 Å². The van der Waals surface area contributed by atoms with Crippen LogP contribution in [0.4, 0.5) is 4.79 Å². The molecule has 3 N–H and O–H groups in total. The molecular weight excluding hydrogens is 312 g/mol. The molecule has 0 spiro atoms. The molecule has 24 heavy (non-hydrogen) atoms. The molecule has 0 heterocycles. The molecule has 0 aliphatic rings. The summed E-state index contributed by atoms with van der Waals surface area (Å²) in [4.78, 5) is 22.2. The van der Waals surface area contributed by atoms with Crippen molar-refractivity contribution in [2.45, 2.75) is 33.2 Å². The molecule has 0 fully saturated rings. The lowest BCUT2D eigenvalue weighted by atomic mass is 10.1. The number of benzene rings is 1. The predicted molar refractivity (Wildman–Crippen MR) is 90.5 cm³/mol. The van der Waals surface area contributed by atoms with Gasteiger partial charge in [0.25, 0.3) is 0 Å². The zero-order chi connectivity index (χ0) is 18.1. The van der Waals surface area contributed by atoms with E-state index in [1.807, 2.05) is 25.1 Å². The van der Waals surface area contributed by atoms with Crippen molar-refractivity contribution in [1.29, 1.82) is 0 Å². The molecule has 0 bridgehead atoms. The van der Waals surface area contributed by atoms with Crippen LogP contribution in [0.25, 0.3) is 0 Å². The number of methoxy groups -OCH3 is 1. The minimum absolute atomic E-state index is 0.0825. The number of aliphatic carboxylic acids is 1. The van der Waals surface area contributed by atoms with E-state index in [4.69, 9.17) is 14.6 Å². The number of carbonyl (C=O) groups excluding carboxylic acids is 1. The third-order valence-corrected chi connectivity index (χ3v) is 3.23. The van der Waals surface area contributed by atoms with Crippen molar-refractivity contribution >= 4 is 12.0 Å². The van der Waals surface area contributed by atoms with Crippen LogP contribution in [0.5, 0.6) is 11.5 Å². The number of amides is 2. The SMILES string of the molecule is COc1cc(C(C)NC(=O)NCCC(=O)O)ccc1OCC(C)C. The molecule has 0 aromatic heterocycles. The first-order chi connectivity index (χ1) is 11.3. The largest absolute Gasteiger partial charge is 0.493 e. The second-order valence-corrected chi connectivity index (χ2v) is 5.88. The van der Waals surface area contributed by atoms with Gasteiger partial charge in [0.05, 0.1) is 26.2 Å². The lowest BCUT2D eigenvalue weighted by Crippen LogP contribution is -2.38. The van der Waals surface area contributed by atoms with Crippen molar-refractivity contribution in [3.05, 3.63) is 23.8 Å². The summed E-state index contributed by atoms with van der Waals surface area (Å²) in [5.41, 5.74) is 0.858. The first-order valence-corrected chi connectivity index (χ1v) is 7.90. The van der Waals surface area contributed by atoms with E-state index in [-0.39, 0.29) is 19.0 Å². The Morgan fingerprint density at radius 1 is 1.21 bits per heavy atom. The minimum Gasteiger partial charge on any atom is -0.493 e. The first-order valence-electron chi connectivity index (χ1n) is 7.90. The monoisotopic (exact) mass is 338 g/mol. The number of carboxylic acids is 1. The topological polar surface area (TPSA) is 96.9 Å². The van der Waals surface area contributed by atoms with Crippen molar-refractivity contribution < 1.29 is 24.2 Å². The quantitative estimate of drug-likeness (QED) is 0.643. The Morgan fingerprint density at radius 3 is 2.50 bits per heavy atom. The maximum atomic E-state index is 11.7. The van der Waals surface area contributed by atoms with Crippen LogP contribution in [0.3, 0.4) is 0 Å². The van der Waals surface area contributed by atoms with Gasteiger partial charge in [-0.1, -0.05) is 19.9 Å². The molecule has 7 nitrogen and oxygen atoms in total. The molecule has 0 aliphatic carbocycles. The third-order valence-electron chi connectivity index (χ3n) is 3.23. The second-order valence-electron chi connectivity index (χ2n) is 5.88. The fraction of sp³-hybridized carbons (Fsp3) is 0.529. The number of rotatable bonds is 9. The molecule has 1 aromatic rings. The van der Waals surface area contributed by atoms with Crippen molar-refractivity contribution in [2.75, 3.05) is 20.3 Å². The summed E-state index contributed by atoms with van der Waals surface area (Å²) in [7, 11) is 1.57. The van der Waals surface area contributed by atoms with Crippen molar-refractivity contribution in [3.8, 4) is 11.5 Å². The molecule has 0 aliphatic heterocycles. The van der Waals surface area contributed by atoms with Gasteiger partial charge in [0.1, 0.15) is 0 Å². The van der Waals surface area contributed by atoms with E-state index in [0.717, 1.165) is 5.56 Å². The van der Waals surface area contributed by atoms with Gasteiger partial charge in [-0.25, -0.2) is 4.79 Å². The van der Waals surface area contributed by atoms with E-state index in [9.17, 15) is 9.59 Å². The molecule has 0 radical (unpaired) electrons. The molecule has 1 unspecified atom stereocenters. The average molecular weight is 338 g/mol. The molecule has 0 saturated carbocycles. The van der Waals surface area contributed by atoms with E-state index in [2.05, 4.69) is 24.5 Å². The van der Waals surface area contributed by atoms with Gasteiger partial charge in [0, 0.05) is 6.54 Å². The predicted octanol–water partition coefficient (Wildman–Crippen LogP) is 2.56. The summed E-state index contributed by atoms with van der Waals surface area (Å²) < 4.78 is 11.0. The lowest BCUT2D eigenvalue weighted by Gasteiger charge is -2.18. The Balaban J connectivity index is 2.65. The number of carbonyl (C=O) groups is 2. The molecule has 134 valence electrons. The van der Waals surface area contributed by atoms with Crippen LogP contribution in [-0.4, -0.2) is 37.4 Å². The number of hydrogen-bond donors (Lipinski definition) is 3. The highest BCUT2D eigenvalue weighted by atomic mass is 16.5. The summed E-state index contributed by atoms with van der Waals surface area (Å²) in [5.74, 6) is 0.718. The highest BCUT2D eigenvalue weighted by Crippen LogP contribution is 2.30. The van der Waals surface area contributed by atoms with E-state index >= 15 is 0 Å². The van der Waals surface area contributed by atoms with E-state index in [0.29, 0.717) is 24.0 Å². The fourth-order valence-electron chi connectivity index (χ4n) is 1.94. The summed E-state index contributed by atoms with van der Waals surface area (Å²) in [6.45, 7) is 6.64.